The zero-order valence-electron chi connectivity index (χ0n) is 18.2. The fourth-order valence-electron chi connectivity index (χ4n) is 4.66. The van der Waals surface area contributed by atoms with Gasteiger partial charge in [-0.3, -0.25) is 0 Å². The molecule has 3 rings (SSSR count). The van der Waals surface area contributed by atoms with Crippen LogP contribution < -0.4 is 0 Å². The molecule has 2 aromatic carbocycles. The zero-order chi connectivity index (χ0) is 20.1. The summed E-state index contributed by atoms with van der Waals surface area (Å²) in [6.07, 6.45) is 9.59. The lowest BCUT2D eigenvalue weighted by molar-refractivity contribution is 0.569. The lowest BCUT2D eigenvalue weighted by Gasteiger charge is -2.25. The predicted molar refractivity (Wildman–Crippen MR) is 125 cm³/mol. The van der Waals surface area contributed by atoms with E-state index in [0.29, 0.717) is 11.8 Å². The van der Waals surface area contributed by atoms with Gasteiger partial charge in [-0.1, -0.05) is 95.7 Å². The van der Waals surface area contributed by atoms with Crippen LogP contribution in [0.2, 0.25) is 0 Å². The van der Waals surface area contributed by atoms with Crippen LogP contribution in [0.25, 0.3) is 11.6 Å². The van der Waals surface area contributed by atoms with Crippen LogP contribution in [0.15, 0.2) is 54.6 Å². The minimum absolute atomic E-state index is 0.550. The molecule has 0 bridgehead atoms. The first kappa shape index (κ1) is 20.6. The number of rotatable bonds is 8. The summed E-state index contributed by atoms with van der Waals surface area (Å²) in [4.78, 5) is 0. The second kappa shape index (κ2) is 9.41. The van der Waals surface area contributed by atoms with Gasteiger partial charge < -0.3 is 0 Å². The highest BCUT2D eigenvalue weighted by Crippen LogP contribution is 2.40. The van der Waals surface area contributed by atoms with E-state index in [1.807, 2.05) is 0 Å². The molecular formula is C28H36. The lowest BCUT2D eigenvalue weighted by atomic mass is 9.79. The molecule has 0 amide bonds. The van der Waals surface area contributed by atoms with Crippen LogP contribution >= 0.6 is 0 Å². The second-order valence-corrected chi connectivity index (χ2v) is 8.40. The first-order chi connectivity index (χ1) is 13.6. The van der Waals surface area contributed by atoms with Crippen LogP contribution in [-0.4, -0.2) is 0 Å². The number of fused-ring (bicyclic) bond motifs is 1. The summed E-state index contributed by atoms with van der Waals surface area (Å²) < 4.78 is 0. The van der Waals surface area contributed by atoms with Crippen molar-refractivity contribution in [2.24, 2.45) is 0 Å². The van der Waals surface area contributed by atoms with Gasteiger partial charge in [-0.2, -0.15) is 0 Å². The maximum atomic E-state index is 4.58. The standard InChI is InChI=1S/C28H36/c1-6-9-12-22(7-2)24-16-15-23(8-3)28(19-24)21(5)26-17-20(4)27-14-11-10-13-25(27)18-26/h10-11,13-16,18-20,22H,5-9,12,17H2,1-4H3. The maximum Gasteiger partial charge on any atom is -0.0144 e. The van der Waals surface area contributed by atoms with Gasteiger partial charge >= 0.3 is 0 Å². The molecule has 1 aliphatic rings. The molecule has 0 saturated heterocycles. The third-order valence-corrected chi connectivity index (χ3v) is 6.48. The van der Waals surface area contributed by atoms with E-state index < -0.39 is 0 Å². The summed E-state index contributed by atoms with van der Waals surface area (Å²) >= 11 is 0. The molecule has 1 aliphatic carbocycles. The molecule has 0 radical (unpaired) electrons. The zero-order valence-corrected chi connectivity index (χ0v) is 18.2. The number of unbranched alkanes of at least 4 members (excludes halogenated alkanes) is 1. The van der Waals surface area contributed by atoms with Crippen molar-refractivity contribution in [2.75, 3.05) is 0 Å². The Hall–Kier alpha value is -2.08. The second-order valence-electron chi connectivity index (χ2n) is 8.40. The summed E-state index contributed by atoms with van der Waals surface area (Å²) in [7, 11) is 0. The molecule has 0 N–H and O–H groups in total. The molecule has 0 spiro atoms. The van der Waals surface area contributed by atoms with E-state index in [-0.39, 0.29) is 0 Å². The normalized spacial score (nSPS) is 17.0. The van der Waals surface area contributed by atoms with E-state index in [4.69, 9.17) is 0 Å². The number of aryl methyl sites for hydroxylation is 1. The van der Waals surface area contributed by atoms with Gasteiger partial charge in [-0.15, -0.1) is 0 Å². The van der Waals surface area contributed by atoms with Crippen molar-refractivity contribution in [1.29, 1.82) is 0 Å². The number of allylic oxidation sites excluding steroid dienone is 2. The highest BCUT2D eigenvalue weighted by Gasteiger charge is 2.21. The molecule has 0 nitrogen and oxygen atoms in total. The van der Waals surface area contributed by atoms with Crippen molar-refractivity contribution in [3.63, 3.8) is 0 Å². The van der Waals surface area contributed by atoms with Gasteiger partial charge in [0.05, 0.1) is 0 Å². The molecule has 0 fully saturated rings. The SMILES string of the molecule is C=C(C1=Cc2ccccc2C(C)C1)c1cc(C(CC)CCCC)ccc1CC. The van der Waals surface area contributed by atoms with Gasteiger partial charge in [0.15, 0.2) is 0 Å². The van der Waals surface area contributed by atoms with E-state index in [9.17, 15) is 0 Å². The van der Waals surface area contributed by atoms with Gasteiger partial charge in [-0.05, 0) is 76.5 Å². The quantitative estimate of drug-likeness (QED) is 0.435. The average Bonchev–Trinajstić information content (AvgIpc) is 2.73. The monoisotopic (exact) mass is 372 g/mol. The Morgan fingerprint density at radius 3 is 2.61 bits per heavy atom. The molecular weight excluding hydrogens is 336 g/mol. The van der Waals surface area contributed by atoms with Gasteiger partial charge in [0.2, 0.25) is 0 Å². The molecule has 2 unspecified atom stereocenters. The first-order valence-electron chi connectivity index (χ1n) is 11.2. The molecule has 148 valence electrons. The molecule has 0 saturated carbocycles. The van der Waals surface area contributed by atoms with Crippen molar-refractivity contribution in [2.45, 2.75) is 78.1 Å². The molecule has 0 aromatic heterocycles. The highest BCUT2D eigenvalue weighted by atomic mass is 14.3. The first-order valence-corrected chi connectivity index (χ1v) is 11.2. The predicted octanol–water partition coefficient (Wildman–Crippen LogP) is 8.54. The van der Waals surface area contributed by atoms with E-state index in [0.717, 1.165) is 12.8 Å². The minimum atomic E-state index is 0.550. The summed E-state index contributed by atoms with van der Waals surface area (Å²) in [5.41, 5.74) is 9.74. The topological polar surface area (TPSA) is 0 Å². The molecule has 2 atom stereocenters. The fraction of sp³-hybridized carbons (Fsp3) is 0.429. The molecule has 0 aliphatic heterocycles. The summed E-state index contributed by atoms with van der Waals surface area (Å²) in [6, 6.07) is 16.0. The average molecular weight is 373 g/mol. The molecule has 2 aromatic rings. The third kappa shape index (κ3) is 4.32. The van der Waals surface area contributed by atoms with E-state index >= 15 is 0 Å². The number of benzene rings is 2. The third-order valence-electron chi connectivity index (χ3n) is 6.48. The van der Waals surface area contributed by atoms with E-state index in [1.165, 1.54) is 64.6 Å². The van der Waals surface area contributed by atoms with Crippen LogP contribution in [0, 0.1) is 0 Å². The summed E-state index contributed by atoms with van der Waals surface area (Å²) in [6.45, 7) is 13.8. The summed E-state index contributed by atoms with van der Waals surface area (Å²) in [5.74, 6) is 1.21. The Labute approximate surface area is 172 Å². The van der Waals surface area contributed by atoms with Crippen molar-refractivity contribution in [1.82, 2.24) is 0 Å². The van der Waals surface area contributed by atoms with E-state index in [1.54, 1.807) is 0 Å². The Morgan fingerprint density at radius 2 is 1.89 bits per heavy atom. The van der Waals surface area contributed by atoms with Crippen LogP contribution in [0.4, 0.5) is 0 Å². The lowest BCUT2D eigenvalue weighted by Crippen LogP contribution is -2.07. The van der Waals surface area contributed by atoms with Crippen LogP contribution in [0.1, 0.15) is 99.5 Å². The highest BCUT2D eigenvalue weighted by molar-refractivity contribution is 5.86. The van der Waals surface area contributed by atoms with Crippen molar-refractivity contribution < 1.29 is 0 Å². The van der Waals surface area contributed by atoms with Crippen molar-refractivity contribution in [3.05, 3.63) is 82.4 Å². The van der Waals surface area contributed by atoms with Crippen LogP contribution in [0.3, 0.4) is 0 Å². The van der Waals surface area contributed by atoms with Gasteiger partial charge in [0, 0.05) is 0 Å². The number of hydrogen-bond donors (Lipinski definition) is 0. The Balaban J connectivity index is 1.97. The molecule has 28 heavy (non-hydrogen) atoms. The Morgan fingerprint density at radius 1 is 1.11 bits per heavy atom. The smallest absolute Gasteiger partial charge is 0.0144 e. The minimum Gasteiger partial charge on any atom is -0.0909 e. The van der Waals surface area contributed by atoms with E-state index in [2.05, 4.69) is 82.8 Å². The summed E-state index contributed by atoms with van der Waals surface area (Å²) in [5, 5.41) is 0. The van der Waals surface area contributed by atoms with Crippen LogP contribution in [-0.2, 0) is 6.42 Å². The maximum absolute atomic E-state index is 4.58. The fourth-order valence-corrected chi connectivity index (χ4v) is 4.66. The van der Waals surface area contributed by atoms with Crippen molar-refractivity contribution in [3.8, 4) is 0 Å². The van der Waals surface area contributed by atoms with Gasteiger partial charge in [-0.25, -0.2) is 0 Å². The Bertz CT molecular complexity index is 852. The largest absolute Gasteiger partial charge is 0.0909 e. The van der Waals surface area contributed by atoms with Crippen molar-refractivity contribution >= 4 is 11.6 Å². The van der Waals surface area contributed by atoms with Crippen LogP contribution in [0.5, 0.6) is 0 Å². The van der Waals surface area contributed by atoms with Gasteiger partial charge in [0.1, 0.15) is 0 Å². The molecule has 0 heterocycles. The Kier molecular flexibility index (Phi) is 6.94. The molecule has 0 heteroatoms. The van der Waals surface area contributed by atoms with Gasteiger partial charge in [0.25, 0.3) is 0 Å². The number of hydrogen-bond acceptors (Lipinski definition) is 0.